The van der Waals surface area contributed by atoms with Crippen molar-refractivity contribution in [3.8, 4) is 0 Å². The third-order valence-corrected chi connectivity index (χ3v) is 4.86. The minimum Gasteiger partial charge on any atom is -0.480 e. The molecule has 0 spiro atoms. The summed E-state index contributed by atoms with van der Waals surface area (Å²) in [6.45, 7) is 5.47. The maximum absolute atomic E-state index is 13.0. The molecule has 2 rings (SSSR count). The topological polar surface area (TPSA) is 83.5 Å². The van der Waals surface area contributed by atoms with Crippen molar-refractivity contribution in [3.05, 3.63) is 71.8 Å². The Morgan fingerprint density at radius 3 is 1.79 bits per heavy atom. The third-order valence-electron chi connectivity index (χ3n) is 4.86. The molecule has 5 heteroatoms. The van der Waals surface area contributed by atoms with Gasteiger partial charge in [0.2, 0.25) is 5.91 Å². The van der Waals surface area contributed by atoms with Crippen LogP contribution in [-0.2, 0) is 27.2 Å². The number of rotatable bonds is 9. The van der Waals surface area contributed by atoms with Crippen LogP contribution in [-0.4, -0.2) is 28.8 Å². The maximum Gasteiger partial charge on any atom is 0.326 e. The Bertz CT molecular complexity index is 825. The molecule has 2 atom stereocenters. The van der Waals surface area contributed by atoms with Gasteiger partial charge in [0.1, 0.15) is 11.8 Å². The van der Waals surface area contributed by atoms with Gasteiger partial charge in [-0.2, -0.15) is 0 Å². The molecule has 0 heterocycles. The average Bonchev–Trinajstić information content (AvgIpc) is 2.67. The molecule has 0 aliphatic carbocycles. The fraction of sp³-hybridized carbons (Fsp3) is 0.375. The number of carboxylic acids is 1. The summed E-state index contributed by atoms with van der Waals surface area (Å²) >= 11 is 0. The van der Waals surface area contributed by atoms with Crippen LogP contribution in [0.25, 0.3) is 0 Å². The number of hydrogen-bond acceptors (Lipinski definition) is 3. The van der Waals surface area contributed by atoms with Gasteiger partial charge in [0.05, 0.1) is 0 Å². The van der Waals surface area contributed by atoms with Gasteiger partial charge < -0.3 is 10.4 Å². The highest BCUT2D eigenvalue weighted by molar-refractivity contribution is 5.91. The highest BCUT2D eigenvalue weighted by Gasteiger charge is 2.31. The van der Waals surface area contributed by atoms with E-state index >= 15 is 0 Å². The number of Topliss-reactive ketones (excluding diaryl/α,β-unsaturated/α-hetero) is 1. The summed E-state index contributed by atoms with van der Waals surface area (Å²) < 4.78 is 0. The van der Waals surface area contributed by atoms with E-state index in [4.69, 9.17) is 0 Å². The summed E-state index contributed by atoms with van der Waals surface area (Å²) in [6.07, 6.45) is 0.640. The zero-order chi connectivity index (χ0) is 21.4. The van der Waals surface area contributed by atoms with Crippen molar-refractivity contribution in [2.24, 2.45) is 11.3 Å². The number of ketones is 1. The minimum absolute atomic E-state index is 0.0245. The SMILES string of the molecule is CC(C)(C)C(=O)C[C@H](Cc1ccccc1)C(=O)N[C@@H](Cc1ccccc1)C(=O)O. The lowest BCUT2D eigenvalue weighted by atomic mass is 9.83. The first kappa shape index (κ1) is 22.3. The summed E-state index contributed by atoms with van der Waals surface area (Å²) in [7, 11) is 0. The zero-order valence-corrected chi connectivity index (χ0v) is 17.2. The normalized spacial score (nSPS) is 13.3. The molecule has 0 fully saturated rings. The van der Waals surface area contributed by atoms with Crippen molar-refractivity contribution in [3.63, 3.8) is 0 Å². The van der Waals surface area contributed by atoms with E-state index < -0.39 is 29.3 Å². The Morgan fingerprint density at radius 2 is 1.34 bits per heavy atom. The number of carboxylic acid groups (broad SMARTS) is 1. The van der Waals surface area contributed by atoms with Crippen molar-refractivity contribution in [1.82, 2.24) is 5.32 Å². The van der Waals surface area contributed by atoms with Gasteiger partial charge in [0, 0.05) is 24.2 Å². The lowest BCUT2D eigenvalue weighted by molar-refractivity contribution is -0.142. The summed E-state index contributed by atoms with van der Waals surface area (Å²) in [6, 6.07) is 17.6. The average molecular weight is 395 g/mol. The Balaban J connectivity index is 2.17. The van der Waals surface area contributed by atoms with Crippen LogP contribution in [0.15, 0.2) is 60.7 Å². The van der Waals surface area contributed by atoms with Crippen LogP contribution < -0.4 is 5.32 Å². The minimum atomic E-state index is -1.09. The van der Waals surface area contributed by atoms with Crippen molar-refractivity contribution >= 4 is 17.7 Å². The molecule has 0 unspecified atom stereocenters. The molecule has 0 saturated carbocycles. The Morgan fingerprint density at radius 1 is 0.862 bits per heavy atom. The van der Waals surface area contributed by atoms with E-state index in [1.54, 1.807) is 0 Å². The van der Waals surface area contributed by atoms with Gasteiger partial charge in [0.25, 0.3) is 0 Å². The van der Waals surface area contributed by atoms with E-state index in [1.165, 1.54) is 0 Å². The predicted molar refractivity (Wildman–Crippen MR) is 112 cm³/mol. The second-order valence-electron chi connectivity index (χ2n) is 8.35. The third kappa shape index (κ3) is 7.18. The first-order valence-electron chi connectivity index (χ1n) is 9.81. The summed E-state index contributed by atoms with van der Waals surface area (Å²) in [5.41, 5.74) is 1.20. The summed E-state index contributed by atoms with van der Waals surface area (Å²) in [4.78, 5) is 37.3. The monoisotopic (exact) mass is 395 g/mol. The molecule has 0 aromatic heterocycles. The maximum atomic E-state index is 13.0. The second-order valence-corrected chi connectivity index (χ2v) is 8.35. The van der Waals surface area contributed by atoms with Gasteiger partial charge in [-0.25, -0.2) is 4.79 Å². The van der Waals surface area contributed by atoms with Gasteiger partial charge in [0.15, 0.2) is 0 Å². The van der Waals surface area contributed by atoms with Crippen LogP contribution >= 0.6 is 0 Å². The molecule has 0 aliphatic heterocycles. The molecular formula is C24H29NO4. The van der Waals surface area contributed by atoms with Gasteiger partial charge in [-0.15, -0.1) is 0 Å². The van der Waals surface area contributed by atoms with Crippen molar-refractivity contribution in [2.75, 3.05) is 0 Å². The van der Waals surface area contributed by atoms with E-state index in [1.807, 2.05) is 81.4 Å². The predicted octanol–water partition coefficient (Wildman–Crippen LogP) is 3.66. The molecule has 1 amide bonds. The van der Waals surface area contributed by atoms with Gasteiger partial charge in [-0.05, 0) is 17.5 Å². The van der Waals surface area contributed by atoms with Crippen LogP contribution in [0.3, 0.4) is 0 Å². The fourth-order valence-electron chi connectivity index (χ4n) is 3.03. The molecule has 2 N–H and O–H groups in total. The van der Waals surface area contributed by atoms with Crippen LogP contribution in [0, 0.1) is 11.3 Å². The number of benzene rings is 2. The molecular weight excluding hydrogens is 366 g/mol. The van der Waals surface area contributed by atoms with Crippen molar-refractivity contribution < 1.29 is 19.5 Å². The molecule has 0 saturated heterocycles. The lowest BCUT2D eigenvalue weighted by Gasteiger charge is -2.23. The molecule has 0 radical (unpaired) electrons. The summed E-state index contributed by atoms with van der Waals surface area (Å²) in [5.74, 6) is -2.15. The van der Waals surface area contributed by atoms with Crippen molar-refractivity contribution in [2.45, 2.75) is 46.1 Å². The first-order chi connectivity index (χ1) is 13.7. The molecule has 2 aromatic rings. The number of aliphatic carboxylic acids is 1. The zero-order valence-electron chi connectivity index (χ0n) is 17.2. The molecule has 0 bridgehead atoms. The lowest BCUT2D eigenvalue weighted by Crippen LogP contribution is -2.46. The fourth-order valence-corrected chi connectivity index (χ4v) is 3.03. The van der Waals surface area contributed by atoms with Crippen LogP contribution in [0.4, 0.5) is 0 Å². The Kier molecular flexibility index (Phi) is 7.71. The highest BCUT2D eigenvalue weighted by Crippen LogP contribution is 2.22. The Labute approximate surface area is 172 Å². The van der Waals surface area contributed by atoms with E-state index in [0.717, 1.165) is 11.1 Å². The summed E-state index contributed by atoms with van der Waals surface area (Å²) in [5, 5.41) is 12.2. The van der Waals surface area contributed by atoms with E-state index in [2.05, 4.69) is 5.32 Å². The first-order valence-corrected chi connectivity index (χ1v) is 9.81. The van der Waals surface area contributed by atoms with Crippen LogP contribution in [0.1, 0.15) is 38.3 Å². The number of carbonyl (C=O) groups is 3. The van der Waals surface area contributed by atoms with E-state index in [-0.39, 0.29) is 18.6 Å². The second kappa shape index (κ2) is 10.0. The van der Waals surface area contributed by atoms with Gasteiger partial charge in [-0.1, -0.05) is 81.4 Å². The largest absolute Gasteiger partial charge is 0.480 e. The van der Waals surface area contributed by atoms with E-state index in [9.17, 15) is 19.5 Å². The number of hydrogen-bond donors (Lipinski definition) is 2. The van der Waals surface area contributed by atoms with Crippen molar-refractivity contribution in [1.29, 1.82) is 0 Å². The highest BCUT2D eigenvalue weighted by atomic mass is 16.4. The smallest absolute Gasteiger partial charge is 0.326 e. The molecule has 0 aliphatic rings. The number of carbonyl (C=O) groups excluding carboxylic acids is 2. The number of amides is 1. The van der Waals surface area contributed by atoms with Crippen LogP contribution in [0.5, 0.6) is 0 Å². The molecule has 5 nitrogen and oxygen atoms in total. The Hall–Kier alpha value is -2.95. The van der Waals surface area contributed by atoms with Gasteiger partial charge in [-0.3, -0.25) is 9.59 Å². The molecule has 2 aromatic carbocycles. The standard InChI is InChI=1S/C24H29NO4/c1-24(2,3)21(26)16-19(14-17-10-6-4-7-11-17)22(27)25-20(23(28)29)15-18-12-8-5-9-13-18/h4-13,19-20H,14-16H2,1-3H3,(H,25,27)(H,28,29)/t19-,20-/m0/s1. The number of nitrogens with one attached hydrogen (secondary N) is 1. The molecule has 29 heavy (non-hydrogen) atoms. The quantitative estimate of drug-likeness (QED) is 0.679. The van der Waals surface area contributed by atoms with E-state index in [0.29, 0.717) is 6.42 Å². The molecule has 154 valence electrons. The van der Waals surface area contributed by atoms with Crippen LogP contribution in [0.2, 0.25) is 0 Å². The van der Waals surface area contributed by atoms with Gasteiger partial charge >= 0.3 is 5.97 Å².